The van der Waals surface area contributed by atoms with E-state index in [1.54, 1.807) is 0 Å². The minimum Gasteiger partial charge on any atom is -0.455 e. The van der Waals surface area contributed by atoms with Gasteiger partial charge in [-0.3, -0.25) is 0 Å². The zero-order valence-electron chi connectivity index (χ0n) is 33.5. The first-order valence-corrected chi connectivity index (χ1v) is 21.9. The van der Waals surface area contributed by atoms with Crippen LogP contribution in [0.25, 0.3) is 103 Å². The maximum Gasteiger partial charge on any atom is 0.143 e. The van der Waals surface area contributed by atoms with Crippen LogP contribution in [-0.2, 0) is 0 Å². The van der Waals surface area contributed by atoms with Gasteiger partial charge in [-0.15, -0.1) is 11.3 Å². The van der Waals surface area contributed by atoms with Gasteiger partial charge < -0.3 is 13.9 Å². The standard InChI is InChI=1S/C58H36N2OS/c1-2-15-39-36-41(33-28-37(39)14-1)59(40-31-29-38(30-32-40)42-21-13-22-47-45-18-6-11-26-54(45)61-57(42)47)53-35-34-48-46-19-7-12-27-55(46)62-58(48)56(53)49-20-5-10-25-52(49)60-50-23-8-3-16-43(50)44-17-4-9-24-51(44)60/h1-36H. The summed E-state index contributed by atoms with van der Waals surface area (Å²) in [6, 6.07) is 79.3. The van der Waals surface area contributed by atoms with Gasteiger partial charge in [-0.1, -0.05) is 158 Å². The second kappa shape index (κ2) is 13.8. The fourth-order valence-corrected chi connectivity index (χ4v) is 11.1. The fourth-order valence-electron chi connectivity index (χ4n) is 9.79. The Hall–Kier alpha value is -7.92. The number of hydrogen-bond donors (Lipinski definition) is 0. The van der Waals surface area contributed by atoms with E-state index in [1.165, 1.54) is 63.9 Å². The zero-order valence-corrected chi connectivity index (χ0v) is 34.3. The van der Waals surface area contributed by atoms with Gasteiger partial charge in [0, 0.05) is 69.8 Å². The van der Waals surface area contributed by atoms with Crippen LogP contribution in [0.3, 0.4) is 0 Å². The molecule has 0 aliphatic heterocycles. The zero-order chi connectivity index (χ0) is 40.7. The molecule has 10 aromatic carbocycles. The maximum atomic E-state index is 6.51. The molecule has 13 rings (SSSR count). The Labute approximate surface area is 361 Å². The van der Waals surface area contributed by atoms with Crippen LogP contribution < -0.4 is 4.90 Å². The van der Waals surface area contributed by atoms with Crippen molar-refractivity contribution in [1.82, 2.24) is 4.57 Å². The molecule has 0 amide bonds. The van der Waals surface area contributed by atoms with Crippen LogP contribution in [-0.4, -0.2) is 4.57 Å². The number of furan rings is 1. The molecule has 62 heavy (non-hydrogen) atoms. The highest BCUT2D eigenvalue weighted by Crippen LogP contribution is 2.51. The van der Waals surface area contributed by atoms with Crippen LogP contribution in [0.2, 0.25) is 0 Å². The molecule has 3 aromatic heterocycles. The summed E-state index contributed by atoms with van der Waals surface area (Å²) in [4.78, 5) is 2.46. The predicted molar refractivity (Wildman–Crippen MR) is 264 cm³/mol. The number of aromatic nitrogens is 1. The number of fused-ring (bicyclic) bond motifs is 10. The first-order valence-electron chi connectivity index (χ1n) is 21.1. The highest BCUT2D eigenvalue weighted by atomic mass is 32.1. The van der Waals surface area contributed by atoms with Gasteiger partial charge in [-0.25, -0.2) is 0 Å². The summed E-state index contributed by atoms with van der Waals surface area (Å²) in [6.07, 6.45) is 0. The fraction of sp³-hybridized carbons (Fsp3) is 0. The van der Waals surface area contributed by atoms with Crippen molar-refractivity contribution in [3.63, 3.8) is 0 Å². The Morgan fingerprint density at radius 1 is 0.419 bits per heavy atom. The lowest BCUT2D eigenvalue weighted by Gasteiger charge is -2.29. The Morgan fingerprint density at radius 3 is 1.87 bits per heavy atom. The van der Waals surface area contributed by atoms with Gasteiger partial charge in [0.2, 0.25) is 0 Å². The lowest BCUT2D eigenvalue weighted by Crippen LogP contribution is -2.12. The van der Waals surface area contributed by atoms with Crippen molar-refractivity contribution in [1.29, 1.82) is 0 Å². The van der Waals surface area contributed by atoms with Crippen molar-refractivity contribution in [2.45, 2.75) is 0 Å². The van der Waals surface area contributed by atoms with E-state index in [0.29, 0.717) is 0 Å². The van der Waals surface area contributed by atoms with Crippen LogP contribution >= 0.6 is 11.3 Å². The number of benzene rings is 10. The van der Waals surface area contributed by atoms with Gasteiger partial charge >= 0.3 is 0 Å². The first kappa shape index (κ1) is 34.9. The molecule has 3 nitrogen and oxygen atoms in total. The van der Waals surface area contributed by atoms with E-state index in [1.807, 2.05) is 23.5 Å². The molecule has 3 heterocycles. The molecule has 0 saturated carbocycles. The molecule has 0 atom stereocenters. The quantitative estimate of drug-likeness (QED) is 0.167. The minimum absolute atomic E-state index is 0.902. The van der Waals surface area contributed by atoms with Crippen LogP contribution in [0.5, 0.6) is 0 Å². The molecule has 0 aliphatic carbocycles. The molecular weight excluding hydrogens is 773 g/mol. The highest BCUT2D eigenvalue weighted by molar-refractivity contribution is 7.26. The largest absolute Gasteiger partial charge is 0.455 e. The normalized spacial score (nSPS) is 11.9. The predicted octanol–water partition coefficient (Wildman–Crippen LogP) is 17.0. The molecule has 13 aromatic rings. The number of thiophene rings is 1. The molecule has 0 fully saturated rings. The Kier molecular flexibility index (Phi) is 7.78. The average Bonchev–Trinajstić information content (AvgIpc) is 4.02. The van der Waals surface area contributed by atoms with Crippen molar-refractivity contribution < 1.29 is 4.42 Å². The van der Waals surface area contributed by atoms with Crippen LogP contribution in [0.4, 0.5) is 17.1 Å². The lowest BCUT2D eigenvalue weighted by atomic mass is 9.96. The van der Waals surface area contributed by atoms with Crippen molar-refractivity contribution >= 4 is 103 Å². The van der Waals surface area contributed by atoms with Crippen molar-refractivity contribution in [2.24, 2.45) is 0 Å². The number of nitrogens with zero attached hydrogens (tertiary/aromatic N) is 2. The van der Waals surface area contributed by atoms with Gasteiger partial charge in [0.25, 0.3) is 0 Å². The van der Waals surface area contributed by atoms with E-state index in [0.717, 1.165) is 55.8 Å². The summed E-state index contributed by atoms with van der Waals surface area (Å²) in [5.41, 5.74) is 13.2. The van der Waals surface area contributed by atoms with Gasteiger partial charge in [-0.05, 0) is 77.0 Å². The smallest absolute Gasteiger partial charge is 0.143 e. The molecule has 0 bridgehead atoms. The Bertz CT molecular complexity index is 3830. The summed E-state index contributed by atoms with van der Waals surface area (Å²) in [5, 5.41) is 9.69. The Balaban J connectivity index is 1.09. The van der Waals surface area contributed by atoms with E-state index >= 15 is 0 Å². The minimum atomic E-state index is 0.902. The molecule has 0 aliphatic rings. The summed E-state index contributed by atoms with van der Waals surface area (Å²) < 4.78 is 11.5. The lowest BCUT2D eigenvalue weighted by molar-refractivity contribution is 0.670. The molecule has 0 spiro atoms. The van der Waals surface area contributed by atoms with Crippen molar-refractivity contribution in [3.8, 4) is 27.9 Å². The number of anilines is 3. The molecule has 4 heteroatoms. The van der Waals surface area contributed by atoms with Crippen LogP contribution in [0.1, 0.15) is 0 Å². The van der Waals surface area contributed by atoms with E-state index in [9.17, 15) is 0 Å². The van der Waals surface area contributed by atoms with Gasteiger partial charge in [0.15, 0.2) is 0 Å². The van der Waals surface area contributed by atoms with Gasteiger partial charge in [0.05, 0.1) is 22.4 Å². The molecule has 0 N–H and O–H groups in total. The topological polar surface area (TPSA) is 21.3 Å². The van der Waals surface area contributed by atoms with Gasteiger partial charge in [-0.2, -0.15) is 0 Å². The SMILES string of the molecule is c1ccc(-n2c3ccccc3c3ccccc32)c(-c2c(N(c3ccc(-c4cccc5c4oc4ccccc45)cc3)c3ccc4ccccc4c3)ccc3c2sc2ccccc23)c1. The Morgan fingerprint density at radius 2 is 1.05 bits per heavy atom. The van der Waals surface area contributed by atoms with Crippen molar-refractivity contribution in [3.05, 3.63) is 218 Å². The van der Waals surface area contributed by atoms with E-state index in [2.05, 4.69) is 216 Å². The maximum absolute atomic E-state index is 6.51. The third-order valence-corrected chi connectivity index (χ3v) is 13.8. The molecule has 290 valence electrons. The number of rotatable bonds is 6. The van der Waals surface area contributed by atoms with E-state index < -0.39 is 0 Å². The molecular formula is C58H36N2OS. The molecule has 0 radical (unpaired) electrons. The average molecular weight is 809 g/mol. The second-order valence-electron chi connectivity index (χ2n) is 16.0. The summed E-state index contributed by atoms with van der Waals surface area (Å²) in [5.74, 6) is 0. The van der Waals surface area contributed by atoms with Crippen molar-refractivity contribution in [2.75, 3.05) is 4.90 Å². The summed E-state index contributed by atoms with van der Waals surface area (Å²) in [6.45, 7) is 0. The third-order valence-electron chi connectivity index (χ3n) is 12.6. The van der Waals surface area contributed by atoms with Crippen LogP contribution in [0, 0.1) is 0 Å². The molecule has 0 saturated heterocycles. The third kappa shape index (κ3) is 5.30. The monoisotopic (exact) mass is 808 g/mol. The number of para-hydroxylation sites is 5. The van der Waals surface area contributed by atoms with E-state index in [4.69, 9.17) is 4.42 Å². The summed E-state index contributed by atoms with van der Waals surface area (Å²) >= 11 is 1.88. The van der Waals surface area contributed by atoms with Crippen LogP contribution in [0.15, 0.2) is 223 Å². The van der Waals surface area contributed by atoms with E-state index in [-0.39, 0.29) is 0 Å². The second-order valence-corrected chi connectivity index (χ2v) is 17.1. The number of hydrogen-bond acceptors (Lipinski definition) is 3. The highest BCUT2D eigenvalue weighted by Gasteiger charge is 2.25. The summed E-state index contributed by atoms with van der Waals surface area (Å²) in [7, 11) is 0. The van der Waals surface area contributed by atoms with Gasteiger partial charge in [0.1, 0.15) is 11.2 Å². The molecule has 0 unspecified atom stereocenters. The first-order chi connectivity index (χ1) is 30.8.